The smallest absolute Gasteiger partial charge is 0.342 e. The number of carbonyl (C=O) groups is 3. The summed E-state index contributed by atoms with van der Waals surface area (Å²) in [5, 5.41) is 14.5. The van der Waals surface area contributed by atoms with Gasteiger partial charge in [-0.05, 0) is 42.0 Å². The minimum Gasteiger partial charge on any atom is -0.507 e. The molecule has 0 aromatic heterocycles. The largest absolute Gasteiger partial charge is 0.507 e. The molecule has 0 radical (unpaired) electrons. The number of aromatic hydroxyl groups is 1. The normalized spacial score (nSPS) is 15.8. The predicted molar refractivity (Wildman–Crippen MR) is 113 cm³/mol. The molecule has 30 heavy (non-hydrogen) atoms. The van der Waals surface area contributed by atoms with E-state index >= 15 is 0 Å². The third-order valence-electron chi connectivity index (χ3n) is 5.04. The molecule has 1 aliphatic rings. The van der Waals surface area contributed by atoms with Crippen molar-refractivity contribution in [1.29, 1.82) is 0 Å². The molecule has 0 bridgehead atoms. The Bertz CT molecular complexity index is 1160. The Kier molecular flexibility index (Phi) is 5.10. The summed E-state index contributed by atoms with van der Waals surface area (Å²) in [5.41, 5.74) is 1.06. The SMILES string of the molecule is C[C@@H]1CC(=O)Nc2ccccc2N1C(=O)COC(=O)c1cc2ccccc2cc1O. The second-order valence-corrected chi connectivity index (χ2v) is 7.17. The number of amides is 2. The van der Waals surface area contributed by atoms with Crippen molar-refractivity contribution in [3.05, 3.63) is 66.2 Å². The van der Waals surface area contributed by atoms with Crippen LogP contribution in [-0.4, -0.2) is 35.5 Å². The maximum atomic E-state index is 12.9. The summed E-state index contributed by atoms with van der Waals surface area (Å²) in [7, 11) is 0. The molecule has 3 aromatic rings. The fourth-order valence-corrected chi connectivity index (χ4v) is 3.63. The van der Waals surface area contributed by atoms with Gasteiger partial charge in [-0.2, -0.15) is 0 Å². The Hall–Kier alpha value is -3.87. The number of anilines is 2. The molecule has 3 aromatic carbocycles. The molecule has 0 fully saturated rings. The average molecular weight is 404 g/mol. The van der Waals surface area contributed by atoms with Gasteiger partial charge in [0.05, 0.1) is 11.4 Å². The van der Waals surface area contributed by atoms with Crippen LogP contribution < -0.4 is 10.2 Å². The van der Waals surface area contributed by atoms with Gasteiger partial charge in [0, 0.05) is 12.5 Å². The lowest BCUT2D eigenvalue weighted by Crippen LogP contribution is -2.41. The number of carbonyl (C=O) groups excluding carboxylic acids is 3. The number of nitrogens with one attached hydrogen (secondary N) is 1. The Morgan fingerprint density at radius 3 is 2.53 bits per heavy atom. The highest BCUT2D eigenvalue weighted by Gasteiger charge is 2.30. The van der Waals surface area contributed by atoms with Crippen LogP contribution in [0.3, 0.4) is 0 Å². The number of benzene rings is 3. The lowest BCUT2D eigenvalue weighted by Gasteiger charge is -2.27. The number of nitrogens with zero attached hydrogens (tertiary/aromatic N) is 1. The molecule has 2 amide bonds. The van der Waals surface area contributed by atoms with Gasteiger partial charge in [-0.3, -0.25) is 9.59 Å². The first kappa shape index (κ1) is 19.4. The van der Waals surface area contributed by atoms with Crippen LogP contribution in [0.4, 0.5) is 11.4 Å². The van der Waals surface area contributed by atoms with Gasteiger partial charge in [-0.25, -0.2) is 4.79 Å². The third kappa shape index (κ3) is 3.69. The molecule has 1 aliphatic heterocycles. The molecule has 0 saturated carbocycles. The molecule has 152 valence electrons. The molecule has 0 spiro atoms. The van der Waals surface area contributed by atoms with Crippen molar-refractivity contribution in [1.82, 2.24) is 0 Å². The van der Waals surface area contributed by atoms with Crippen molar-refractivity contribution >= 4 is 39.9 Å². The maximum absolute atomic E-state index is 12.9. The van der Waals surface area contributed by atoms with E-state index in [0.717, 1.165) is 10.8 Å². The van der Waals surface area contributed by atoms with Crippen LogP contribution in [0.2, 0.25) is 0 Å². The standard InChI is InChI=1S/C23H20N2O5/c1-14-10-21(27)24-18-8-4-5-9-19(18)25(14)22(28)13-30-23(29)17-11-15-6-2-3-7-16(15)12-20(17)26/h2-9,11-12,14,26H,10,13H2,1H3,(H,24,27)/t14-/m1/s1. The summed E-state index contributed by atoms with van der Waals surface area (Å²) in [4.78, 5) is 39.0. The predicted octanol–water partition coefficient (Wildman–Crippen LogP) is 3.47. The summed E-state index contributed by atoms with van der Waals surface area (Å²) >= 11 is 0. The summed E-state index contributed by atoms with van der Waals surface area (Å²) in [6.07, 6.45) is 0.125. The van der Waals surface area contributed by atoms with E-state index in [1.165, 1.54) is 17.0 Å². The second-order valence-electron chi connectivity index (χ2n) is 7.17. The molecule has 0 saturated heterocycles. The molecule has 0 aliphatic carbocycles. The van der Waals surface area contributed by atoms with Crippen LogP contribution in [0.25, 0.3) is 10.8 Å². The quantitative estimate of drug-likeness (QED) is 0.652. The minimum absolute atomic E-state index is 0.0114. The topological polar surface area (TPSA) is 95.9 Å². The monoisotopic (exact) mass is 404 g/mol. The highest BCUT2D eigenvalue weighted by atomic mass is 16.5. The van der Waals surface area contributed by atoms with E-state index in [0.29, 0.717) is 11.4 Å². The van der Waals surface area contributed by atoms with E-state index in [2.05, 4.69) is 5.32 Å². The van der Waals surface area contributed by atoms with Crippen LogP contribution in [0.5, 0.6) is 5.75 Å². The summed E-state index contributed by atoms with van der Waals surface area (Å²) in [5.74, 6) is -1.66. The first-order valence-electron chi connectivity index (χ1n) is 9.54. The van der Waals surface area contributed by atoms with Crippen molar-refractivity contribution in [3.63, 3.8) is 0 Å². The fourth-order valence-electron chi connectivity index (χ4n) is 3.63. The number of rotatable bonds is 3. The van der Waals surface area contributed by atoms with Crippen LogP contribution in [-0.2, 0) is 14.3 Å². The van der Waals surface area contributed by atoms with Gasteiger partial charge in [0.1, 0.15) is 11.3 Å². The van der Waals surface area contributed by atoms with Crippen molar-refractivity contribution in [2.75, 3.05) is 16.8 Å². The molecule has 7 nitrogen and oxygen atoms in total. The minimum atomic E-state index is -0.795. The van der Waals surface area contributed by atoms with Gasteiger partial charge in [0.2, 0.25) is 5.91 Å². The number of ether oxygens (including phenoxy) is 1. The zero-order valence-electron chi connectivity index (χ0n) is 16.3. The van der Waals surface area contributed by atoms with Crippen molar-refractivity contribution in [2.45, 2.75) is 19.4 Å². The van der Waals surface area contributed by atoms with Crippen molar-refractivity contribution < 1.29 is 24.2 Å². The molecular weight excluding hydrogens is 384 g/mol. The first-order valence-corrected chi connectivity index (χ1v) is 9.54. The number of esters is 1. The molecule has 1 heterocycles. The van der Waals surface area contributed by atoms with Gasteiger partial charge < -0.3 is 20.1 Å². The van der Waals surface area contributed by atoms with E-state index in [-0.39, 0.29) is 23.6 Å². The molecule has 0 unspecified atom stereocenters. The van der Waals surface area contributed by atoms with Crippen molar-refractivity contribution in [3.8, 4) is 5.75 Å². The number of hydrogen-bond donors (Lipinski definition) is 2. The average Bonchev–Trinajstić information content (AvgIpc) is 2.85. The van der Waals surface area contributed by atoms with Crippen LogP contribution >= 0.6 is 0 Å². The Morgan fingerprint density at radius 2 is 1.77 bits per heavy atom. The molecule has 1 atom stereocenters. The van der Waals surface area contributed by atoms with E-state index in [1.807, 2.05) is 24.3 Å². The first-order chi connectivity index (χ1) is 14.4. The van der Waals surface area contributed by atoms with Gasteiger partial charge in [-0.15, -0.1) is 0 Å². The summed E-state index contributed by atoms with van der Waals surface area (Å²) in [6.45, 7) is 1.24. The molecular formula is C23H20N2O5. The molecule has 4 rings (SSSR count). The van der Waals surface area contributed by atoms with Gasteiger partial charge in [0.25, 0.3) is 5.91 Å². The van der Waals surface area contributed by atoms with E-state index in [9.17, 15) is 19.5 Å². The lowest BCUT2D eigenvalue weighted by atomic mass is 10.1. The molecule has 2 N–H and O–H groups in total. The van der Waals surface area contributed by atoms with Crippen LogP contribution in [0.15, 0.2) is 60.7 Å². The van der Waals surface area contributed by atoms with Crippen molar-refractivity contribution in [2.24, 2.45) is 0 Å². The Morgan fingerprint density at radius 1 is 1.10 bits per heavy atom. The summed E-state index contributed by atoms with van der Waals surface area (Å²) in [6, 6.07) is 16.9. The highest BCUT2D eigenvalue weighted by Crippen LogP contribution is 2.31. The Labute approximate surface area is 172 Å². The fraction of sp³-hybridized carbons (Fsp3) is 0.174. The Balaban J connectivity index is 1.54. The van der Waals surface area contributed by atoms with E-state index in [1.54, 1.807) is 31.2 Å². The van der Waals surface area contributed by atoms with Gasteiger partial charge in [0.15, 0.2) is 6.61 Å². The number of fused-ring (bicyclic) bond motifs is 2. The van der Waals surface area contributed by atoms with Crippen LogP contribution in [0.1, 0.15) is 23.7 Å². The number of para-hydroxylation sites is 2. The number of phenolic OH excluding ortho intramolecular Hbond substituents is 1. The zero-order chi connectivity index (χ0) is 21.3. The summed E-state index contributed by atoms with van der Waals surface area (Å²) < 4.78 is 5.21. The molecule has 7 heteroatoms. The van der Waals surface area contributed by atoms with E-state index in [4.69, 9.17) is 4.74 Å². The number of phenols is 1. The maximum Gasteiger partial charge on any atom is 0.342 e. The lowest BCUT2D eigenvalue weighted by molar-refractivity contribution is -0.122. The zero-order valence-corrected chi connectivity index (χ0v) is 16.3. The van der Waals surface area contributed by atoms with Crippen LogP contribution in [0, 0.1) is 0 Å². The van der Waals surface area contributed by atoms with Gasteiger partial charge in [-0.1, -0.05) is 36.4 Å². The third-order valence-corrected chi connectivity index (χ3v) is 5.04. The van der Waals surface area contributed by atoms with Gasteiger partial charge >= 0.3 is 5.97 Å². The number of hydrogen-bond acceptors (Lipinski definition) is 5. The highest BCUT2D eigenvalue weighted by molar-refractivity contribution is 6.06. The van der Waals surface area contributed by atoms with E-state index < -0.39 is 24.5 Å². The second kappa shape index (κ2) is 7.87.